The Bertz CT molecular complexity index is 1300. The van der Waals surface area contributed by atoms with Crippen molar-refractivity contribution in [2.75, 3.05) is 52.4 Å². The molecule has 1 heterocycles. The van der Waals surface area contributed by atoms with Crippen molar-refractivity contribution in [1.82, 2.24) is 10.3 Å². The van der Waals surface area contributed by atoms with Crippen LogP contribution in [0.4, 0.5) is 10.5 Å². The highest BCUT2D eigenvalue weighted by Gasteiger charge is 2.19. The molecular weight excluding hydrogens is 500 g/mol. The number of amides is 1. The lowest BCUT2D eigenvalue weighted by atomic mass is 10.1. The molecule has 1 saturated heterocycles. The monoisotopic (exact) mass is 532 g/mol. The smallest absolute Gasteiger partial charge is 0.495 e. The summed E-state index contributed by atoms with van der Waals surface area (Å²) in [6.07, 6.45) is 0.626. The predicted octanol–water partition coefficient (Wildman–Crippen LogP) is 3.94. The first-order valence-corrected chi connectivity index (χ1v) is 12.5. The molecule has 1 aliphatic rings. The van der Waals surface area contributed by atoms with Gasteiger partial charge in [-0.1, -0.05) is 24.3 Å². The molecule has 10 heteroatoms. The number of piperazine rings is 1. The van der Waals surface area contributed by atoms with Gasteiger partial charge in [-0.2, -0.15) is 5.10 Å². The van der Waals surface area contributed by atoms with Crippen LogP contribution in [0.1, 0.15) is 21.5 Å². The number of hydrogen-bond donors (Lipinski definition) is 1. The van der Waals surface area contributed by atoms with Crippen molar-refractivity contribution < 1.29 is 28.5 Å². The van der Waals surface area contributed by atoms with E-state index in [4.69, 9.17) is 14.2 Å². The van der Waals surface area contributed by atoms with Gasteiger partial charge in [-0.05, 0) is 53.6 Å². The number of rotatable bonds is 9. The first-order valence-electron chi connectivity index (χ1n) is 12.5. The first kappa shape index (κ1) is 27.5. The third-order valence-electron chi connectivity index (χ3n) is 6.35. The molecule has 0 atom stereocenters. The van der Waals surface area contributed by atoms with Crippen molar-refractivity contribution in [3.05, 3.63) is 83.4 Å². The number of ether oxygens (including phenoxy) is 4. The van der Waals surface area contributed by atoms with Gasteiger partial charge < -0.3 is 23.8 Å². The van der Waals surface area contributed by atoms with Gasteiger partial charge in [0.1, 0.15) is 5.75 Å². The summed E-state index contributed by atoms with van der Waals surface area (Å²) in [7, 11) is 4.37. The maximum absolute atomic E-state index is 12.5. The van der Waals surface area contributed by atoms with E-state index in [9.17, 15) is 9.59 Å². The molecule has 204 valence electrons. The Kier molecular flexibility index (Phi) is 9.36. The standard InChI is InChI=1S/C29H32N4O6/c1-36-25-7-5-4-6-24(25)33-16-14-32(15-17-33)20-21-8-11-23(12-9-21)28(34)31-30-19-22-10-13-26(27(18-22)37-2)39-29(35)38-3/h4-13,18-19H,14-17,20H2,1-3H3,(H,31,34)/b30-19-. The highest BCUT2D eigenvalue weighted by atomic mass is 16.7. The van der Waals surface area contributed by atoms with Crippen LogP contribution in [-0.2, 0) is 11.3 Å². The van der Waals surface area contributed by atoms with Crippen LogP contribution in [0, 0.1) is 0 Å². The van der Waals surface area contributed by atoms with Crippen LogP contribution in [0.5, 0.6) is 17.2 Å². The van der Waals surface area contributed by atoms with E-state index in [0.717, 1.165) is 49.7 Å². The predicted molar refractivity (Wildman–Crippen MR) is 148 cm³/mol. The molecule has 1 N–H and O–H groups in total. The number of benzene rings is 3. The lowest BCUT2D eigenvalue weighted by Gasteiger charge is -2.36. The minimum Gasteiger partial charge on any atom is -0.495 e. The molecule has 0 aliphatic carbocycles. The number of hydrogen-bond acceptors (Lipinski definition) is 9. The van der Waals surface area contributed by atoms with Crippen molar-refractivity contribution in [2.45, 2.75) is 6.54 Å². The Labute approximate surface area is 227 Å². The zero-order valence-corrected chi connectivity index (χ0v) is 22.3. The Morgan fingerprint density at radius 2 is 1.59 bits per heavy atom. The summed E-state index contributed by atoms with van der Waals surface area (Å²) in [5.74, 6) is 1.12. The van der Waals surface area contributed by atoms with Crippen LogP contribution in [0.15, 0.2) is 71.8 Å². The fourth-order valence-corrected chi connectivity index (χ4v) is 4.27. The van der Waals surface area contributed by atoms with Crippen LogP contribution in [-0.4, -0.2) is 70.7 Å². The fraction of sp³-hybridized carbons (Fsp3) is 0.276. The first-order chi connectivity index (χ1) is 19.0. The van der Waals surface area contributed by atoms with E-state index < -0.39 is 6.16 Å². The molecule has 0 unspecified atom stereocenters. The largest absolute Gasteiger partial charge is 0.513 e. The van der Waals surface area contributed by atoms with Crippen molar-refractivity contribution >= 4 is 24.0 Å². The van der Waals surface area contributed by atoms with Gasteiger partial charge in [0.05, 0.1) is 33.2 Å². The molecular formula is C29H32N4O6. The van der Waals surface area contributed by atoms with Gasteiger partial charge in [-0.15, -0.1) is 0 Å². The van der Waals surface area contributed by atoms with Crippen LogP contribution in [0.2, 0.25) is 0 Å². The third kappa shape index (κ3) is 7.26. The van der Waals surface area contributed by atoms with Gasteiger partial charge in [0.2, 0.25) is 0 Å². The van der Waals surface area contributed by atoms with Crippen molar-refractivity contribution in [3.63, 3.8) is 0 Å². The Hall–Kier alpha value is -4.57. The van der Waals surface area contributed by atoms with E-state index in [1.807, 2.05) is 30.3 Å². The molecule has 0 bridgehead atoms. The van der Waals surface area contributed by atoms with E-state index in [2.05, 4.69) is 31.1 Å². The molecule has 1 amide bonds. The molecule has 0 radical (unpaired) electrons. The van der Waals surface area contributed by atoms with Crippen molar-refractivity contribution in [1.29, 1.82) is 0 Å². The maximum atomic E-state index is 12.5. The summed E-state index contributed by atoms with van der Waals surface area (Å²) in [5.41, 5.74) is 5.95. The number of carbonyl (C=O) groups excluding carboxylic acids is 2. The van der Waals surface area contributed by atoms with Gasteiger partial charge in [0.15, 0.2) is 11.5 Å². The van der Waals surface area contributed by atoms with Crippen LogP contribution in [0.3, 0.4) is 0 Å². The van der Waals surface area contributed by atoms with Crippen molar-refractivity contribution in [3.8, 4) is 17.2 Å². The zero-order valence-electron chi connectivity index (χ0n) is 22.3. The summed E-state index contributed by atoms with van der Waals surface area (Å²) >= 11 is 0. The summed E-state index contributed by atoms with van der Waals surface area (Å²) < 4.78 is 20.3. The summed E-state index contributed by atoms with van der Waals surface area (Å²) in [4.78, 5) is 28.6. The van der Waals surface area contributed by atoms with Crippen molar-refractivity contribution in [2.24, 2.45) is 5.10 Å². The molecule has 1 fully saturated rings. The molecule has 1 aliphatic heterocycles. The molecule has 0 spiro atoms. The minimum absolute atomic E-state index is 0.212. The Balaban J connectivity index is 1.27. The van der Waals surface area contributed by atoms with E-state index in [-0.39, 0.29) is 11.7 Å². The second-order valence-electron chi connectivity index (χ2n) is 8.80. The summed E-state index contributed by atoms with van der Waals surface area (Å²) in [5, 5.41) is 4.03. The maximum Gasteiger partial charge on any atom is 0.513 e. The molecule has 3 aromatic rings. The molecule has 39 heavy (non-hydrogen) atoms. The Morgan fingerprint density at radius 1 is 0.872 bits per heavy atom. The lowest BCUT2D eigenvalue weighted by molar-refractivity contribution is 0.0954. The van der Waals surface area contributed by atoms with E-state index in [1.165, 1.54) is 20.4 Å². The number of nitrogens with zero attached hydrogens (tertiary/aromatic N) is 3. The number of carbonyl (C=O) groups is 2. The van der Waals surface area contributed by atoms with Crippen LogP contribution in [0.25, 0.3) is 0 Å². The van der Waals surface area contributed by atoms with Gasteiger partial charge in [-0.25, -0.2) is 10.2 Å². The van der Waals surface area contributed by atoms with E-state index in [1.54, 1.807) is 37.4 Å². The molecule has 0 saturated carbocycles. The second-order valence-corrected chi connectivity index (χ2v) is 8.80. The minimum atomic E-state index is -0.848. The quantitative estimate of drug-likeness (QED) is 0.191. The highest BCUT2D eigenvalue weighted by Crippen LogP contribution is 2.29. The van der Waals surface area contributed by atoms with Crippen LogP contribution < -0.4 is 24.5 Å². The molecule has 0 aromatic heterocycles. The van der Waals surface area contributed by atoms with Gasteiger partial charge >= 0.3 is 6.16 Å². The number of methoxy groups -OCH3 is 3. The third-order valence-corrected chi connectivity index (χ3v) is 6.35. The summed E-state index contributed by atoms with van der Waals surface area (Å²) in [6.45, 7) is 4.54. The van der Waals surface area contributed by atoms with Gasteiger partial charge in [0.25, 0.3) is 5.91 Å². The van der Waals surface area contributed by atoms with E-state index in [0.29, 0.717) is 16.9 Å². The Morgan fingerprint density at radius 3 is 2.28 bits per heavy atom. The number of para-hydroxylation sites is 2. The SMILES string of the molecule is COC(=O)Oc1ccc(/C=N\NC(=O)c2ccc(CN3CCN(c4ccccc4OC)CC3)cc2)cc1OC. The highest BCUT2D eigenvalue weighted by molar-refractivity contribution is 5.95. The molecule has 3 aromatic carbocycles. The number of nitrogens with one attached hydrogen (secondary N) is 1. The number of hydrazone groups is 1. The zero-order chi connectivity index (χ0) is 27.6. The number of anilines is 1. The second kappa shape index (κ2) is 13.3. The van der Waals surface area contributed by atoms with Gasteiger partial charge in [0, 0.05) is 38.3 Å². The average Bonchev–Trinajstić information content (AvgIpc) is 2.98. The summed E-state index contributed by atoms with van der Waals surface area (Å²) in [6, 6.07) is 20.5. The average molecular weight is 533 g/mol. The van der Waals surface area contributed by atoms with E-state index >= 15 is 0 Å². The van der Waals surface area contributed by atoms with Crippen LogP contribution >= 0.6 is 0 Å². The topological polar surface area (TPSA) is 102 Å². The lowest BCUT2D eigenvalue weighted by Crippen LogP contribution is -2.46. The molecule has 10 nitrogen and oxygen atoms in total. The fourth-order valence-electron chi connectivity index (χ4n) is 4.27. The normalized spacial score (nSPS) is 13.7. The van der Waals surface area contributed by atoms with Gasteiger partial charge in [-0.3, -0.25) is 9.69 Å². The molecule has 4 rings (SSSR count).